The summed E-state index contributed by atoms with van der Waals surface area (Å²) in [5.41, 5.74) is -5.11. The van der Waals surface area contributed by atoms with Crippen LogP contribution in [0.3, 0.4) is 0 Å². The van der Waals surface area contributed by atoms with Crippen molar-refractivity contribution in [2.45, 2.75) is 90.0 Å². The average molecular weight is 477 g/mol. The van der Waals surface area contributed by atoms with Gasteiger partial charge in [-0.2, -0.15) is 0 Å². The molecule has 4 aliphatic carbocycles. The number of alkyl halides is 1. The second-order valence-electron chi connectivity index (χ2n) is 11.3. The van der Waals surface area contributed by atoms with Crippen LogP contribution in [0.1, 0.15) is 72.6 Å². The summed E-state index contributed by atoms with van der Waals surface area (Å²) >= 11 is 0. The fourth-order valence-corrected chi connectivity index (χ4v) is 8.07. The summed E-state index contributed by atoms with van der Waals surface area (Å²) in [4.78, 5) is 38.1. The van der Waals surface area contributed by atoms with Crippen LogP contribution >= 0.6 is 0 Å². The molecule has 188 valence electrons. The lowest BCUT2D eigenvalue weighted by atomic mass is 9.44. The van der Waals surface area contributed by atoms with Gasteiger partial charge in [0.1, 0.15) is 6.61 Å². The Morgan fingerprint density at radius 2 is 1.97 bits per heavy atom. The van der Waals surface area contributed by atoms with Gasteiger partial charge in [-0.3, -0.25) is 14.4 Å². The lowest BCUT2D eigenvalue weighted by molar-refractivity contribution is -0.228. The second kappa shape index (κ2) is 8.37. The van der Waals surface area contributed by atoms with E-state index in [0.717, 1.165) is 6.42 Å². The van der Waals surface area contributed by atoms with Crippen LogP contribution in [0, 0.1) is 28.6 Å². The molecule has 2 N–H and O–H groups in total. The van der Waals surface area contributed by atoms with Gasteiger partial charge < -0.3 is 14.9 Å². The maximum Gasteiger partial charge on any atom is 0.306 e. The van der Waals surface area contributed by atoms with Crippen LogP contribution in [-0.2, 0) is 19.1 Å². The van der Waals surface area contributed by atoms with Gasteiger partial charge >= 0.3 is 5.97 Å². The first-order valence-electron chi connectivity index (χ1n) is 12.6. The third-order valence-electron chi connectivity index (χ3n) is 9.75. The van der Waals surface area contributed by atoms with E-state index in [9.17, 15) is 24.6 Å². The topological polar surface area (TPSA) is 101 Å². The van der Waals surface area contributed by atoms with Crippen LogP contribution in [-0.4, -0.2) is 51.7 Å². The molecule has 0 spiro atoms. The Hall–Kier alpha value is -1.86. The van der Waals surface area contributed by atoms with Crippen LogP contribution in [0.4, 0.5) is 4.39 Å². The summed E-state index contributed by atoms with van der Waals surface area (Å²) in [7, 11) is 0. The van der Waals surface area contributed by atoms with Crippen molar-refractivity contribution in [3.63, 3.8) is 0 Å². The number of hydrogen-bond donors (Lipinski definition) is 2. The first-order chi connectivity index (χ1) is 15.9. The second-order valence-corrected chi connectivity index (χ2v) is 11.3. The summed E-state index contributed by atoms with van der Waals surface area (Å²) in [5.74, 6) is -2.62. The fraction of sp³-hybridized carbons (Fsp3) is 0.741. The Balaban J connectivity index is 1.80. The number of ether oxygens (including phenoxy) is 1. The number of hydrogen-bond acceptors (Lipinski definition) is 6. The zero-order valence-electron chi connectivity index (χ0n) is 20.6. The molecule has 0 aliphatic heterocycles. The number of carbonyl (C=O) groups excluding carboxylic acids is 3. The highest BCUT2D eigenvalue weighted by molar-refractivity contribution is 6.01. The van der Waals surface area contributed by atoms with Crippen molar-refractivity contribution in [2.75, 3.05) is 6.61 Å². The van der Waals surface area contributed by atoms with Gasteiger partial charge in [0.2, 0.25) is 5.78 Å². The predicted molar refractivity (Wildman–Crippen MR) is 123 cm³/mol. The Morgan fingerprint density at radius 3 is 2.62 bits per heavy atom. The van der Waals surface area contributed by atoms with Crippen LogP contribution in [0.25, 0.3) is 0 Å². The van der Waals surface area contributed by atoms with Crippen LogP contribution in [0.2, 0.25) is 0 Å². The number of aliphatic hydroxyl groups excluding tert-OH is 2. The standard InChI is InChI=1S/C27H37FO6/c1-5-6-7-23(33)34-27(22(32)15-29)16(2)12-20-19-9-8-17-13-18(30)10-11-24(17,3)26(19,28)21(31)14-25(20,27)4/h10-11,13,16,19-21,29,31H,5-9,12,14-15H2,1-4H3/t16-,19+,20-,21+,24-,25-,26-,27-/m0/s1. The molecule has 0 aromatic rings. The molecule has 0 radical (unpaired) electrons. The maximum atomic E-state index is 17.3. The molecule has 4 aliphatic rings. The van der Waals surface area contributed by atoms with Crippen LogP contribution in [0.15, 0.2) is 23.8 Å². The van der Waals surface area contributed by atoms with Crippen LogP contribution in [0.5, 0.6) is 0 Å². The predicted octanol–water partition coefficient (Wildman–Crippen LogP) is 3.64. The molecule has 0 heterocycles. The molecule has 3 saturated carbocycles. The van der Waals surface area contributed by atoms with Crippen molar-refractivity contribution in [3.8, 4) is 0 Å². The van der Waals surface area contributed by atoms with Gasteiger partial charge in [-0.25, -0.2) is 4.39 Å². The first-order valence-corrected chi connectivity index (χ1v) is 12.6. The number of esters is 1. The van der Waals surface area contributed by atoms with Gasteiger partial charge in [-0.15, -0.1) is 0 Å². The van der Waals surface area contributed by atoms with Crippen molar-refractivity contribution < 1.29 is 33.7 Å². The van der Waals surface area contributed by atoms with Gasteiger partial charge in [-0.05, 0) is 57.1 Å². The van der Waals surface area contributed by atoms with E-state index in [-0.39, 0.29) is 24.5 Å². The largest absolute Gasteiger partial charge is 0.450 e. The Bertz CT molecular complexity index is 957. The third-order valence-corrected chi connectivity index (χ3v) is 9.75. The highest BCUT2D eigenvalue weighted by atomic mass is 19.1. The van der Waals surface area contributed by atoms with Gasteiger partial charge in [0.25, 0.3) is 0 Å². The van der Waals surface area contributed by atoms with E-state index >= 15 is 4.39 Å². The molecule has 0 saturated heterocycles. The van der Waals surface area contributed by atoms with E-state index in [1.54, 1.807) is 13.0 Å². The number of ketones is 2. The quantitative estimate of drug-likeness (QED) is 0.568. The number of halogens is 1. The van der Waals surface area contributed by atoms with Crippen molar-refractivity contribution >= 4 is 17.5 Å². The van der Waals surface area contributed by atoms with Crippen molar-refractivity contribution in [1.29, 1.82) is 0 Å². The summed E-state index contributed by atoms with van der Waals surface area (Å²) in [6, 6.07) is 0. The minimum absolute atomic E-state index is 0.0769. The minimum atomic E-state index is -2.03. The zero-order chi connectivity index (χ0) is 25.1. The summed E-state index contributed by atoms with van der Waals surface area (Å²) < 4.78 is 23.3. The van der Waals surface area contributed by atoms with E-state index in [1.807, 2.05) is 20.8 Å². The monoisotopic (exact) mass is 476 g/mol. The molecule has 8 atom stereocenters. The van der Waals surface area contributed by atoms with E-state index in [1.165, 1.54) is 12.2 Å². The van der Waals surface area contributed by atoms with E-state index < -0.39 is 58.4 Å². The molecule has 0 aromatic carbocycles. The SMILES string of the molecule is CCCCC(=O)O[C@]1(C(=O)CO)[C@@H](C)C[C@H]2[C@H]3CCC4=CC(=O)C=C[C@]4(C)[C@@]3(F)[C@H](O)C[C@@]21C. The lowest BCUT2D eigenvalue weighted by Crippen LogP contribution is -2.70. The van der Waals surface area contributed by atoms with Crippen molar-refractivity contribution in [1.82, 2.24) is 0 Å². The Morgan fingerprint density at radius 1 is 1.26 bits per heavy atom. The molecule has 4 rings (SSSR count). The molecule has 0 amide bonds. The zero-order valence-corrected chi connectivity index (χ0v) is 20.6. The molecular weight excluding hydrogens is 439 g/mol. The van der Waals surface area contributed by atoms with E-state index in [0.29, 0.717) is 31.3 Å². The summed E-state index contributed by atoms with van der Waals surface area (Å²) in [6.07, 6.45) is 5.92. The maximum absolute atomic E-state index is 17.3. The number of fused-ring (bicyclic) bond motifs is 5. The minimum Gasteiger partial charge on any atom is -0.450 e. The molecular formula is C27H37FO6. The van der Waals surface area contributed by atoms with Crippen LogP contribution < -0.4 is 0 Å². The Kier molecular flexibility index (Phi) is 6.21. The van der Waals surface area contributed by atoms with Gasteiger partial charge in [-0.1, -0.05) is 38.8 Å². The number of unbranched alkanes of at least 4 members (excludes halogenated alkanes) is 1. The average Bonchev–Trinajstić information content (AvgIpc) is 3.00. The molecule has 0 unspecified atom stereocenters. The molecule has 0 bridgehead atoms. The number of rotatable bonds is 6. The smallest absolute Gasteiger partial charge is 0.306 e. The van der Waals surface area contributed by atoms with Gasteiger partial charge in [0.05, 0.1) is 6.10 Å². The number of aliphatic hydroxyl groups is 2. The summed E-state index contributed by atoms with van der Waals surface area (Å²) in [6.45, 7) is 6.55. The Labute approximate surface area is 200 Å². The highest BCUT2D eigenvalue weighted by Crippen LogP contribution is 2.71. The first kappa shape index (κ1) is 25.2. The van der Waals surface area contributed by atoms with Crippen molar-refractivity contribution in [2.24, 2.45) is 28.6 Å². The molecule has 3 fully saturated rings. The third kappa shape index (κ3) is 3.08. The number of carbonyl (C=O) groups is 3. The molecule has 7 heteroatoms. The van der Waals surface area contributed by atoms with E-state index in [2.05, 4.69) is 0 Å². The fourth-order valence-electron chi connectivity index (χ4n) is 8.07. The normalized spacial score (nSPS) is 45.1. The highest BCUT2D eigenvalue weighted by Gasteiger charge is 2.77. The van der Waals surface area contributed by atoms with E-state index in [4.69, 9.17) is 4.74 Å². The number of allylic oxidation sites excluding steroid dienone is 4. The molecule has 34 heavy (non-hydrogen) atoms. The van der Waals surface area contributed by atoms with Crippen molar-refractivity contribution in [3.05, 3.63) is 23.8 Å². The summed E-state index contributed by atoms with van der Waals surface area (Å²) in [5, 5.41) is 21.4. The molecule has 0 aromatic heterocycles. The lowest BCUT2D eigenvalue weighted by Gasteiger charge is -2.62. The van der Waals surface area contributed by atoms with Gasteiger partial charge in [0, 0.05) is 29.1 Å². The number of Topliss-reactive ketones (excluding diaryl/α,β-unsaturated/α-hetero) is 1. The van der Waals surface area contributed by atoms with Gasteiger partial charge in [0.15, 0.2) is 17.1 Å². The molecule has 6 nitrogen and oxygen atoms in total.